The largest absolute Gasteiger partial charge is 0.327 e. The molecule has 21 heavy (non-hydrogen) atoms. The summed E-state index contributed by atoms with van der Waals surface area (Å²) in [7, 11) is 0. The molecule has 0 aliphatic heterocycles. The van der Waals surface area contributed by atoms with Crippen LogP contribution in [0.2, 0.25) is 0 Å². The fourth-order valence-electron chi connectivity index (χ4n) is 2.44. The average molecular weight is 415 g/mol. The summed E-state index contributed by atoms with van der Waals surface area (Å²) in [6.45, 7) is 0.739. The van der Waals surface area contributed by atoms with Crippen LogP contribution in [0, 0.1) is 9.39 Å². The minimum atomic E-state index is -0.199. The molecule has 0 atom stereocenters. The van der Waals surface area contributed by atoms with Crippen molar-refractivity contribution in [1.82, 2.24) is 9.55 Å². The summed E-state index contributed by atoms with van der Waals surface area (Å²) in [4.78, 5) is 4.57. The Morgan fingerprint density at radius 2 is 2.05 bits per heavy atom. The Labute approximate surface area is 141 Å². The van der Waals surface area contributed by atoms with E-state index in [1.807, 2.05) is 12.1 Å². The van der Waals surface area contributed by atoms with E-state index in [2.05, 4.69) is 44.3 Å². The van der Waals surface area contributed by atoms with Gasteiger partial charge in [0.2, 0.25) is 0 Å². The number of hydrogen-bond acceptors (Lipinski definition) is 1. The molecule has 3 rings (SSSR count). The standard InChI is InChI=1S/C16H13ClFIN2/c17-10-16-20-14-9-13(19)4-5-15(14)21(16)7-6-11-2-1-3-12(18)8-11/h1-5,8-9H,6-7,10H2. The zero-order valence-corrected chi connectivity index (χ0v) is 14.1. The summed E-state index contributed by atoms with van der Waals surface area (Å²) in [5.41, 5.74) is 3.00. The third-order valence-electron chi connectivity index (χ3n) is 3.42. The van der Waals surface area contributed by atoms with Crippen molar-refractivity contribution < 1.29 is 4.39 Å². The zero-order valence-electron chi connectivity index (χ0n) is 11.2. The molecule has 2 nitrogen and oxygen atoms in total. The van der Waals surface area contributed by atoms with Crippen molar-refractivity contribution in [2.45, 2.75) is 18.8 Å². The monoisotopic (exact) mass is 414 g/mol. The third kappa shape index (κ3) is 3.21. The highest BCUT2D eigenvalue weighted by Crippen LogP contribution is 2.21. The van der Waals surface area contributed by atoms with Crippen LogP contribution < -0.4 is 0 Å². The van der Waals surface area contributed by atoms with Crippen molar-refractivity contribution >= 4 is 45.2 Å². The van der Waals surface area contributed by atoms with Crippen molar-refractivity contribution in [3.63, 3.8) is 0 Å². The Bertz CT molecular complexity index is 785. The van der Waals surface area contributed by atoms with Gasteiger partial charge in [0.15, 0.2) is 0 Å². The van der Waals surface area contributed by atoms with Gasteiger partial charge in [0.05, 0.1) is 16.9 Å². The zero-order chi connectivity index (χ0) is 14.8. The Morgan fingerprint density at radius 1 is 1.19 bits per heavy atom. The quantitative estimate of drug-likeness (QED) is 0.444. The molecule has 0 amide bonds. The fraction of sp³-hybridized carbons (Fsp3) is 0.188. The van der Waals surface area contributed by atoms with Crippen LogP contribution in [0.3, 0.4) is 0 Å². The molecule has 0 saturated carbocycles. The molecule has 0 radical (unpaired) electrons. The van der Waals surface area contributed by atoms with Gasteiger partial charge >= 0.3 is 0 Å². The van der Waals surface area contributed by atoms with E-state index < -0.39 is 0 Å². The molecular weight excluding hydrogens is 402 g/mol. The molecule has 0 aliphatic carbocycles. The number of alkyl halides is 1. The van der Waals surface area contributed by atoms with Crippen LogP contribution >= 0.6 is 34.2 Å². The number of hydrogen-bond donors (Lipinski definition) is 0. The van der Waals surface area contributed by atoms with Gasteiger partial charge in [-0.25, -0.2) is 9.37 Å². The second kappa shape index (κ2) is 6.32. The Morgan fingerprint density at radius 3 is 2.81 bits per heavy atom. The van der Waals surface area contributed by atoms with Crippen molar-refractivity contribution in [2.75, 3.05) is 0 Å². The maximum atomic E-state index is 13.2. The SMILES string of the molecule is Fc1cccc(CCn2c(CCl)nc3cc(I)ccc32)c1. The molecule has 3 aromatic rings. The summed E-state index contributed by atoms with van der Waals surface area (Å²) < 4.78 is 16.5. The summed E-state index contributed by atoms with van der Waals surface area (Å²) in [5.74, 6) is 1.02. The number of imidazole rings is 1. The van der Waals surface area contributed by atoms with Gasteiger partial charge < -0.3 is 4.57 Å². The highest BCUT2D eigenvalue weighted by molar-refractivity contribution is 14.1. The molecule has 0 unspecified atom stereocenters. The summed E-state index contributed by atoms with van der Waals surface area (Å²) >= 11 is 8.28. The van der Waals surface area contributed by atoms with E-state index >= 15 is 0 Å². The van der Waals surface area contributed by atoms with Crippen LogP contribution in [0.15, 0.2) is 42.5 Å². The lowest BCUT2D eigenvalue weighted by Gasteiger charge is -2.08. The molecule has 0 fully saturated rings. The smallest absolute Gasteiger partial charge is 0.124 e. The van der Waals surface area contributed by atoms with Crippen LogP contribution in [0.4, 0.5) is 4.39 Å². The number of rotatable bonds is 4. The van der Waals surface area contributed by atoms with Crippen molar-refractivity contribution in [3.05, 3.63) is 63.2 Å². The maximum absolute atomic E-state index is 13.2. The van der Waals surface area contributed by atoms with Gasteiger partial charge in [-0.3, -0.25) is 0 Å². The minimum absolute atomic E-state index is 0.199. The molecule has 0 spiro atoms. The van der Waals surface area contributed by atoms with E-state index in [9.17, 15) is 4.39 Å². The molecule has 0 N–H and O–H groups in total. The number of aromatic nitrogens is 2. The van der Waals surface area contributed by atoms with Gasteiger partial charge in [0.25, 0.3) is 0 Å². The Kier molecular flexibility index (Phi) is 4.45. The maximum Gasteiger partial charge on any atom is 0.124 e. The van der Waals surface area contributed by atoms with Crippen molar-refractivity contribution in [3.8, 4) is 0 Å². The number of halogens is 3. The number of fused-ring (bicyclic) bond motifs is 1. The average Bonchev–Trinajstić information content (AvgIpc) is 2.82. The molecule has 0 aliphatic rings. The first-order valence-corrected chi connectivity index (χ1v) is 8.24. The first-order valence-electron chi connectivity index (χ1n) is 6.62. The second-order valence-corrected chi connectivity index (χ2v) is 6.34. The predicted molar refractivity (Wildman–Crippen MR) is 92.1 cm³/mol. The normalized spacial score (nSPS) is 11.2. The second-order valence-electron chi connectivity index (χ2n) is 4.83. The van der Waals surface area contributed by atoms with E-state index in [1.165, 1.54) is 6.07 Å². The van der Waals surface area contributed by atoms with Gasteiger partial charge in [0, 0.05) is 10.1 Å². The molecule has 1 heterocycles. The molecular formula is C16H13ClFIN2. The lowest BCUT2D eigenvalue weighted by Crippen LogP contribution is -2.05. The molecule has 5 heteroatoms. The van der Waals surface area contributed by atoms with Crippen LogP contribution in [0.1, 0.15) is 11.4 Å². The fourth-order valence-corrected chi connectivity index (χ4v) is 3.12. The summed E-state index contributed by atoms with van der Waals surface area (Å²) in [5, 5.41) is 0. The topological polar surface area (TPSA) is 17.8 Å². The van der Waals surface area contributed by atoms with Crippen LogP contribution in [-0.4, -0.2) is 9.55 Å². The summed E-state index contributed by atoms with van der Waals surface area (Å²) in [6.07, 6.45) is 0.749. The Hall–Kier alpha value is -1.14. The first-order chi connectivity index (χ1) is 10.2. The van der Waals surface area contributed by atoms with Crippen LogP contribution in [0.5, 0.6) is 0 Å². The van der Waals surface area contributed by atoms with Crippen LogP contribution in [-0.2, 0) is 18.8 Å². The van der Waals surface area contributed by atoms with Crippen LogP contribution in [0.25, 0.3) is 11.0 Å². The van der Waals surface area contributed by atoms with Gasteiger partial charge in [-0.1, -0.05) is 12.1 Å². The summed E-state index contributed by atoms with van der Waals surface area (Å²) in [6, 6.07) is 12.9. The van der Waals surface area contributed by atoms with E-state index in [1.54, 1.807) is 12.1 Å². The third-order valence-corrected chi connectivity index (χ3v) is 4.33. The molecule has 1 aromatic heterocycles. The van der Waals surface area contributed by atoms with Gasteiger partial charge in [0.1, 0.15) is 11.6 Å². The number of aryl methyl sites for hydroxylation is 2. The van der Waals surface area contributed by atoms with Crippen molar-refractivity contribution in [1.29, 1.82) is 0 Å². The van der Waals surface area contributed by atoms with E-state index in [4.69, 9.17) is 11.6 Å². The van der Waals surface area contributed by atoms with Crippen molar-refractivity contribution in [2.24, 2.45) is 0 Å². The highest BCUT2D eigenvalue weighted by Gasteiger charge is 2.10. The highest BCUT2D eigenvalue weighted by atomic mass is 127. The number of benzene rings is 2. The van der Waals surface area contributed by atoms with E-state index in [0.29, 0.717) is 5.88 Å². The Balaban J connectivity index is 1.92. The van der Waals surface area contributed by atoms with E-state index in [-0.39, 0.29) is 5.82 Å². The van der Waals surface area contributed by atoms with E-state index in [0.717, 1.165) is 39.0 Å². The van der Waals surface area contributed by atoms with Gasteiger partial charge in [-0.2, -0.15) is 0 Å². The molecule has 2 aromatic carbocycles. The molecule has 0 bridgehead atoms. The predicted octanol–water partition coefficient (Wildman–Crippen LogP) is 4.76. The number of nitrogens with zero attached hydrogens (tertiary/aromatic N) is 2. The van der Waals surface area contributed by atoms with Gasteiger partial charge in [-0.15, -0.1) is 11.6 Å². The minimum Gasteiger partial charge on any atom is -0.327 e. The first kappa shape index (κ1) is 14.8. The molecule has 0 saturated heterocycles. The molecule has 108 valence electrons. The lowest BCUT2D eigenvalue weighted by atomic mass is 10.1. The van der Waals surface area contributed by atoms with Gasteiger partial charge in [-0.05, 0) is 64.9 Å². The lowest BCUT2D eigenvalue weighted by molar-refractivity contribution is 0.621.